The van der Waals surface area contributed by atoms with Crippen LogP contribution in [0.15, 0.2) is 36.9 Å². The van der Waals surface area contributed by atoms with E-state index in [9.17, 15) is 4.79 Å². The third-order valence-electron chi connectivity index (χ3n) is 7.84. The molecular weight excluding hydrogens is 450 g/mol. The highest BCUT2D eigenvalue weighted by Crippen LogP contribution is 2.37. The highest BCUT2D eigenvalue weighted by Gasteiger charge is 2.23. The molecule has 8 nitrogen and oxygen atoms in total. The molecule has 0 bridgehead atoms. The molecule has 1 aliphatic rings. The van der Waals surface area contributed by atoms with Gasteiger partial charge in [-0.15, -0.1) is 0 Å². The molecule has 0 saturated heterocycles. The van der Waals surface area contributed by atoms with E-state index in [4.69, 9.17) is 10.7 Å². The van der Waals surface area contributed by atoms with Gasteiger partial charge in [0, 0.05) is 31.7 Å². The third kappa shape index (κ3) is 4.46. The molecule has 5 rings (SSSR count). The molecule has 2 aromatic carbocycles. The predicted molar refractivity (Wildman–Crippen MR) is 147 cm³/mol. The van der Waals surface area contributed by atoms with Gasteiger partial charge in [0.1, 0.15) is 0 Å². The second-order valence-electron chi connectivity index (χ2n) is 9.90. The number of amides is 1. The molecule has 3 N–H and O–H groups in total. The van der Waals surface area contributed by atoms with Gasteiger partial charge in [-0.25, -0.2) is 9.97 Å². The van der Waals surface area contributed by atoms with Crippen LogP contribution in [0.4, 0.5) is 5.69 Å². The maximum atomic E-state index is 12.6. The topological polar surface area (TPSA) is 96.1 Å². The number of aromatic nitrogens is 4. The van der Waals surface area contributed by atoms with E-state index in [0.29, 0.717) is 17.1 Å². The fourth-order valence-corrected chi connectivity index (χ4v) is 5.67. The Morgan fingerprint density at radius 3 is 2.61 bits per heavy atom. The van der Waals surface area contributed by atoms with E-state index in [-0.39, 0.29) is 0 Å². The molecule has 2 heterocycles. The number of rotatable bonds is 9. The van der Waals surface area contributed by atoms with Gasteiger partial charge in [-0.05, 0) is 49.7 Å². The molecule has 1 saturated carbocycles. The van der Waals surface area contributed by atoms with Crippen molar-refractivity contribution in [2.45, 2.75) is 52.0 Å². The van der Waals surface area contributed by atoms with Gasteiger partial charge in [0.2, 0.25) is 0 Å². The molecular formula is C28H37N7O. The van der Waals surface area contributed by atoms with E-state index < -0.39 is 5.91 Å². The lowest BCUT2D eigenvalue weighted by Crippen LogP contribution is -2.34. The number of carbonyl (C=O) groups is 1. The Morgan fingerprint density at radius 2 is 1.89 bits per heavy atom. The molecule has 0 atom stereocenters. The van der Waals surface area contributed by atoms with Crippen molar-refractivity contribution in [3.05, 3.63) is 42.5 Å². The van der Waals surface area contributed by atoms with Crippen LogP contribution >= 0.6 is 0 Å². The van der Waals surface area contributed by atoms with E-state index in [1.165, 1.54) is 37.6 Å². The van der Waals surface area contributed by atoms with E-state index >= 15 is 0 Å². The first-order valence-electron chi connectivity index (χ1n) is 13.2. The first-order valence-corrected chi connectivity index (χ1v) is 13.2. The Bertz CT molecular complexity index is 1360. The molecule has 0 spiro atoms. The largest absolute Gasteiger partial charge is 0.373 e. The summed E-state index contributed by atoms with van der Waals surface area (Å²) in [5.74, 6) is -0.456. The van der Waals surface area contributed by atoms with Crippen molar-refractivity contribution in [3.63, 3.8) is 0 Å². The Labute approximate surface area is 212 Å². The summed E-state index contributed by atoms with van der Waals surface area (Å²) >= 11 is 0. The van der Waals surface area contributed by atoms with Crippen LogP contribution in [0.5, 0.6) is 0 Å². The molecule has 1 amide bonds. The average molecular weight is 488 g/mol. The van der Waals surface area contributed by atoms with Gasteiger partial charge in [-0.3, -0.25) is 4.79 Å². The molecule has 2 aromatic heterocycles. The first-order chi connectivity index (χ1) is 17.5. The number of carbonyl (C=O) groups excluding carboxylic acids is 1. The van der Waals surface area contributed by atoms with Crippen LogP contribution in [0.1, 0.15) is 62.4 Å². The second-order valence-corrected chi connectivity index (χ2v) is 9.90. The highest BCUT2D eigenvalue weighted by molar-refractivity contribution is 6.13. The van der Waals surface area contributed by atoms with Crippen LogP contribution in [-0.4, -0.2) is 63.6 Å². The minimum atomic E-state index is -0.456. The van der Waals surface area contributed by atoms with Crippen molar-refractivity contribution in [1.82, 2.24) is 24.4 Å². The SMILES string of the molecule is CCN(CC)CCN(C)c1cc(-c2ccc3c(c2)ncn3C2CCCCC2)c2nc[nH]c2c1C(N)=O. The number of aromatic amines is 1. The summed E-state index contributed by atoms with van der Waals surface area (Å²) in [6, 6.07) is 9.06. The lowest BCUT2D eigenvalue weighted by Gasteiger charge is -2.26. The van der Waals surface area contributed by atoms with Crippen LogP contribution in [0.2, 0.25) is 0 Å². The number of hydrogen-bond donors (Lipinski definition) is 2. The van der Waals surface area contributed by atoms with E-state index in [1.807, 2.05) is 13.4 Å². The van der Waals surface area contributed by atoms with Gasteiger partial charge in [0.05, 0.1) is 46.0 Å². The third-order valence-corrected chi connectivity index (χ3v) is 7.84. The minimum Gasteiger partial charge on any atom is -0.373 e. The zero-order valence-corrected chi connectivity index (χ0v) is 21.6. The number of hydrogen-bond acceptors (Lipinski definition) is 5. The lowest BCUT2D eigenvalue weighted by molar-refractivity contribution is 0.100. The standard InChI is InChI=1S/C28H37N7O/c1-4-34(5-2)14-13-33(3)24-16-21(26-27(31-17-30-26)25(24)28(29)36)19-11-12-23-22(15-19)32-18-35(23)20-9-7-6-8-10-20/h11-12,15-18,20H,4-10,13-14H2,1-3H3,(H2,29,36)(H,30,31). The Hall–Kier alpha value is -3.39. The minimum absolute atomic E-state index is 0.456. The van der Waals surface area contributed by atoms with Crippen LogP contribution in [0.25, 0.3) is 33.2 Å². The molecule has 0 radical (unpaired) electrons. The highest BCUT2D eigenvalue weighted by atomic mass is 16.1. The van der Waals surface area contributed by atoms with Gasteiger partial charge >= 0.3 is 0 Å². The number of H-pyrrole nitrogens is 1. The maximum Gasteiger partial charge on any atom is 0.253 e. The van der Waals surface area contributed by atoms with E-state index in [2.05, 4.69) is 62.4 Å². The van der Waals surface area contributed by atoms with Gasteiger partial charge in [0.25, 0.3) is 5.91 Å². The summed E-state index contributed by atoms with van der Waals surface area (Å²) in [4.78, 5) is 29.6. The van der Waals surface area contributed by atoms with Gasteiger partial charge in [-0.1, -0.05) is 39.2 Å². The monoisotopic (exact) mass is 487 g/mol. The summed E-state index contributed by atoms with van der Waals surface area (Å²) < 4.78 is 2.35. The smallest absolute Gasteiger partial charge is 0.253 e. The summed E-state index contributed by atoms with van der Waals surface area (Å²) in [5.41, 5.74) is 12.8. The number of likely N-dealkylation sites (N-methyl/N-ethyl adjacent to an activating group) is 2. The molecule has 0 unspecified atom stereocenters. The number of nitrogens with two attached hydrogens (primary N) is 1. The number of anilines is 1. The van der Waals surface area contributed by atoms with E-state index in [1.54, 1.807) is 6.33 Å². The fraction of sp³-hybridized carbons (Fsp3) is 0.464. The number of benzene rings is 2. The van der Waals surface area contributed by atoms with Crippen molar-refractivity contribution >= 4 is 33.7 Å². The Balaban J connectivity index is 1.57. The number of nitrogens with zero attached hydrogens (tertiary/aromatic N) is 5. The number of fused-ring (bicyclic) bond motifs is 2. The van der Waals surface area contributed by atoms with Gasteiger partial charge in [0.15, 0.2) is 0 Å². The Kier molecular flexibility index (Phi) is 6.96. The molecule has 190 valence electrons. The van der Waals surface area contributed by atoms with Gasteiger partial charge in [-0.2, -0.15) is 0 Å². The van der Waals surface area contributed by atoms with Crippen LogP contribution in [-0.2, 0) is 0 Å². The molecule has 36 heavy (non-hydrogen) atoms. The number of imidazole rings is 2. The molecule has 1 fully saturated rings. The maximum absolute atomic E-state index is 12.6. The van der Waals surface area contributed by atoms with Crippen LogP contribution in [0, 0.1) is 0 Å². The average Bonchev–Trinajstić information content (AvgIpc) is 3.55. The summed E-state index contributed by atoms with van der Waals surface area (Å²) in [7, 11) is 2.02. The summed E-state index contributed by atoms with van der Waals surface area (Å²) in [5, 5.41) is 0. The van der Waals surface area contributed by atoms with Crippen molar-refractivity contribution in [3.8, 4) is 11.1 Å². The first kappa shape index (κ1) is 24.3. The predicted octanol–water partition coefficient (Wildman–Crippen LogP) is 4.96. The molecule has 8 heteroatoms. The van der Waals surface area contributed by atoms with Crippen molar-refractivity contribution < 1.29 is 4.79 Å². The Morgan fingerprint density at radius 1 is 1.11 bits per heavy atom. The fourth-order valence-electron chi connectivity index (χ4n) is 5.67. The zero-order chi connectivity index (χ0) is 25.2. The normalized spacial score (nSPS) is 14.8. The van der Waals surface area contributed by atoms with Crippen LogP contribution in [0.3, 0.4) is 0 Å². The van der Waals surface area contributed by atoms with Gasteiger partial charge < -0.3 is 25.1 Å². The van der Waals surface area contributed by atoms with E-state index in [0.717, 1.165) is 54.0 Å². The van der Waals surface area contributed by atoms with Crippen molar-refractivity contribution in [1.29, 1.82) is 0 Å². The van der Waals surface area contributed by atoms with Crippen LogP contribution < -0.4 is 10.6 Å². The number of primary amides is 1. The van der Waals surface area contributed by atoms with Crippen molar-refractivity contribution in [2.24, 2.45) is 5.73 Å². The molecule has 1 aliphatic carbocycles. The zero-order valence-electron chi connectivity index (χ0n) is 21.6. The molecule has 0 aliphatic heterocycles. The molecule has 4 aromatic rings. The second kappa shape index (κ2) is 10.3. The number of nitrogens with one attached hydrogen (secondary N) is 1. The summed E-state index contributed by atoms with van der Waals surface area (Å²) in [6.45, 7) is 8.00. The lowest BCUT2D eigenvalue weighted by atomic mass is 9.95. The quantitative estimate of drug-likeness (QED) is 0.348. The van der Waals surface area contributed by atoms with Crippen molar-refractivity contribution in [2.75, 3.05) is 38.1 Å². The summed E-state index contributed by atoms with van der Waals surface area (Å²) in [6.07, 6.45) is 9.98.